The molecule has 0 fully saturated rings. The van der Waals surface area contributed by atoms with Gasteiger partial charge in [-0.1, -0.05) is 18.2 Å². The van der Waals surface area contributed by atoms with Crippen molar-refractivity contribution in [2.75, 3.05) is 17.7 Å². The molecule has 0 spiro atoms. The lowest BCUT2D eigenvalue weighted by molar-refractivity contribution is 0.325. The summed E-state index contributed by atoms with van der Waals surface area (Å²) in [4.78, 5) is 8.59. The molecule has 106 valence electrons. The van der Waals surface area contributed by atoms with E-state index in [4.69, 9.17) is 10.5 Å². The molecule has 0 aliphatic heterocycles. The smallest absolute Gasteiger partial charge is 0.218 e. The second-order valence-electron chi connectivity index (χ2n) is 4.57. The first-order chi connectivity index (χ1) is 9.60. The molecule has 1 heterocycles. The van der Waals surface area contributed by atoms with Crippen molar-refractivity contribution in [3.63, 3.8) is 0 Å². The van der Waals surface area contributed by atoms with Crippen LogP contribution in [-0.2, 0) is 0 Å². The summed E-state index contributed by atoms with van der Waals surface area (Å²) in [6, 6.07) is 9.65. The van der Waals surface area contributed by atoms with Gasteiger partial charge in [-0.3, -0.25) is 0 Å². The van der Waals surface area contributed by atoms with Crippen LogP contribution < -0.4 is 15.8 Å². The zero-order valence-corrected chi connectivity index (χ0v) is 12.1. The Hall–Kier alpha value is -2.30. The van der Waals surface area contributed by atoms with Gasteiger partial charge in [-0.05, 0) is 32.4 Å². The lowest BCUT2D eigenvalue weighted by atomic mass is 10.1. The molecule has 2 rings (SSSR count). The molecule has 0 aliphatic rings. The highest BCUT2D eigenvalue weighted by atomic mass is 16.5. The van der Waals surface area contributed by atoms with E-state index in [-0.39, 0.29) is 6.04 Å². The van der Waals surface area contributed by atoms with Gasteiger partial charge < -0.3 is 15.8 Å². The number of nitrogen functional groups attached to an aromatic ring is 1. The highest BCUT2D eigenvalue weighted by Gasteiger charge is 2.10. The molecule has 0 saturated carbocycles. The second kappa shape index (κ2) is 6.23. The SMILES string of the molecule is CCOc1cc(NC(C)c2ccccc2N)nc(C)n1. The molecular formula is C15H20N4O. The first-order valence-corrected chi connectivity index (χ1v) is 6.69. The van der Waals surface area contributed by atoms with Gasteiger partial charge in [0.2, 0.25) is 5.88 Å². The summed E-state index contributed by atoms with van der Waals surface area (Å²) >= 11 is 0. The molecule has 5 heteroatoms. The summed E-state index contributed by atoms with van der Waals surface area (Å²) in [6.45, 7) is 6.40. The van der Waals surface area contributed by atoms with Gasteiger partial charge in [0.15, 0.2) is 0 Å². The molecule has 0 aliphatic carbocycles. The van der Waals surface area contributed by atoms with E-state index in [0.29, 0.717) is 18.3 Å². The third-order valence-corrected chi connectivity index (χ3v) is 2.93. The molecule has 0 amide bonds. The van der Waals surface area contributed by atoms with E-state index >= 15 is 0 Å². The minimum absolute atomic E-state index is 0.0555. The zero-order chi connectivity index (χ0) is 14.5. The number of benzene rings is 1. The van der Waals surface area contributed by atoms with Gasteiger partial charge in [0, 0.05) is 11.8 Å². The standard InChI is InChI=1S/C15H20N4O/c1-4-20-15-9-14(18-11(3)19-15)17-10(2)12-7-5-6-8-13(12)16/h5-10H,4,16H2,1-3H3,(H,17,18,19). The number of anilines is 2. The van der Waals surface area contributed by atoms with Crippen LogP contribution >= 0.6 is 0 Å². The zero-order valence-electron chi connectivity index (χ0n) is 12.1. The van der Waals surface area contributed by atoms with Gasteiger partial charge >= 0.3 is 0 Å². The molecule has 2 aromatic rings. The van der Waals surface area contributed by atoms with Crippen LogP contribution in [0, 0.1) is 6.92 Å². The van der Waals surface area contributed by atoms with Crippen molar-refractivity contribution in [1.82, 2.24) is 9.97 Å². The van der Waals surface area contributed by atoms with Gasteiger partial charge in [0.1, 0.15) is 11.6 Å². The Morgan fingerprint density at radius 1 is 1.30 bits per heavy atom. The molecule has 1 aromatic heterocycles. The van der Waals surface area contributed by atoms with Gasteiger partial charge in [-0.15, -0.1) is 0 Å². The highest BCUT2D eigenvalue weighted by molar-refractivity contribution is 5.51. The number of nitrogens with one attached hydrogen (secondary N) is 1. The Labute approximate surface area is 119 Å². The molecule has 0 saturated heterocycles. The summed E-state index contributed by atoms with van der Waals surface area (Å²) in [6.07, 6.45) is 0. The monoisotopic (exact) mass is 272 g/mol. The van der Waals surface area contributed by atoms with E-state index < -0.39 is 0 Å². The Bertz CT molecular complexity index is 586. The van der Waals surface area contributed by atoms with Crippen molar-refractivity contribution in [2.24, 2.45) is 0 Å². The first kappa shape index (κ1) is 14.1. The fraction of sp³-hybridized carbons (Fsp3) is 0.333. The third kappa shape index (κ3) is 3.38. The van der Waals surface area contributed by atoms with Crippen molar-refractivity contribution >= 4 is 11.5 Å². The number of hydrogen-bond donors (Lipinski definition) is 2. The van der Waals surface area contributed by atoms with Gasteiger partial charge in [0.05, 0.1) is 12.6 Å². The predicted molar refractivity (Wildman–Crippen MR) is 80.8 cm³/mol. The lowest BCUT2D eigenvalue weighted by Gasteiger charge is -2.17. The molecule has 3 N–H and O–H groups in total. The molecule has 1 unspecified atom stereocenters. The summed E-state index contributed by atoms with van der Waals surface area (Å²) in [5.74, 6) is 1.99. The average molecular weight is 272 g/mol. The van der Waals surface area contributed by atoms with Gasteiger partial charge in [-0.25, -0.2) is 4.98 Å². The minimum Gasteiger partial charge on any atom is -0.478 e. The number of rotatable bonds is 5. The van der Waals surface area contributed by atoms with Crippen molar-refractivity contribution in [3.8, 4) is 5.88 Å². The van der Waals surface area contributed by atoms with Crippen LogP contribution in [0.4, 0.5) is 11.5 Å². The van der Waals surface area contributed by atoms with Crippen molar-refractivity contribution in [3.05, 3.63) is 41.7 Å². The van der Waals surface area contributed by atoms with E-state index in [1.165, 1.54) is 0 Å². The van der Waals surface area contributed by atoms with E-state index in [0.717, 1.165) is 17.1 Å². The molecule has 20 heavy (non-hydrogen) atoms. The molecule has 5 nitrogen and oxygen atoms in total. The van der Waals surface area contributed by atoms with Crippen LogP contribution in [0.25, 0.3) is 0 Å². The van der Waals surface area contributed by atoms with E-state index in [1.807, 2.05) is 45.0 Å². The van der Waals surface area contributed by atoms with E-state index in [2.05, 4.69) is 15.3 Å². The van der Waals surface area contributed by atoms with Crippen molar-refractivity contribution in [1.29, 1.82) is 0 Å². The number of nitrogens with zero attached hydrogens (tertiary/aromatic N) is 2. The summed E-state index contributed by atoms with van der Waals surface area (Å²) in [7, 11) is 0. The summed E-state index contributed by atoms with van der Waals surface area (Å²) < 4.78 is 5.42. The molecule has 0 bridgehead atoms. The predicted octanol–water partition coefficient (Wildman–Crippen LogP) is 2.94. The van der Waals surface area contributed by atoms with E-state index in [9.17, 15) is 0 Å². The normalized spacial score (nSPS) is 11.9. The van der Waals surface area contributed by atoms with Crippen molar-refractivity contribution in [2.45, 2.75) is 26.8 Å². The Balaban J connectivity index is 2.19. The largest absolute Gasteiger partial charge is 0.478 e. The number of aromatic nitrogens is 2. The Morgan fingerprint density at radius 3 is 2.75 bits per heavy atom. The average Bonchev–Trinajstić information content (AvgIpc) is 2.38. The van der Waals surface area contributed by atoms with Crippen LogP contribution in [0.1, 0.15) is 31.3 Å². The Kier molecular flexibility index (Phi) is 4.40. The van der Waals surface area contributed by atoms with E-state index in [1.54, 1.807) is 6.07 Å². The molecule has 1 atom stereocenters. The molecular weight excluding hydrogens is 252 g/mol. The highest BCUT2D eigenvalue weighted by Crippen LogP contribution is 2.24. The van der Waals surface area contributed by atoms with Crippen molar-refractivity contribution < 1.29 is 4.74 Å². The number of para-hydroxylation sites is 1. The van der Waals surface area contributed by atoms with Crippen LogP contribution in [0.5, 0.6) is 5.88 Å². The Morgan fingerprint density at radius 2 is 2.05 bits per heavy atom. The first-order valence-electron chi connectivity index (χ1n) is 6.69. The lowest BCUT2D eigenvalue weighted by Crippen LogP contribution is -2.11. The third-order valence-electron chi connectivity index (χ3n) is 2.93. The number of ether oxygens (including phenoxy) is 1. The fourth-order valence-corrected chi connectivity index (χ4v) is 2.04. The van der Waals surface area contributed by atoms with Crippen LogP contribution in [-0.4, -0.2) is 16.6 Å². The summed E-state index contributed by atoms with van der Waals surface area (Å²) in [5.41, 5.74) is 7.80. The minimum atomic E-state index is 0.0555. The quantitative estimate of drug-likeness (QED) is 0.819. The maximum atomic E-state index is 5.99. The second-order valence-corrected chi connectivity index (χ2v) is 4.57. The summed E-state index contributed by atoms with van der Waals surface area (Å²) in [5, 5.41) is 3.33. The van der Waals surface area contributed by atoms with Gasteiger partial charge in [-0.2, -0.15) is 4.98 Å². The van der Waals surface area contributed by atoms with Gasteiger partial charge in [0.25, 0.3) is 0 Å². The number of aryl methyl sites for hydroxylation is 1. The van der Waals surface area contributed by atoms with Crippen LogP contribution in [0.15, 0.2) is 30.3 Å². The number of nitrogens with two attached hydrogens (primary N) is 1. The fourth-order valence-electron chi connectivity index (χ4n) is 2.04. The molecule has 0 radical (unpaired) electrons. The molecule has 1 aromatic carbocycles. The topological polar surface area (TPSA) is 73.1 Å². The maximum Gasteiger partial charge on any atom is 0.218 e. The maximum absolute atomic E-state index is 5.99. The van der Waals surface area contributed by atoms with Crippen LogP contribution in [0.2, 0.25) is 0 Å². The van der Waals surface area contributed by atoms with Crippen LogP contribution in [0.3, 0.4) is 0 Å². The number of hydrogen-bond acceptors (Lipinski definition) is 5.